The summed E-state index contributed by atoms with van der Waals surface area (Å²) < 4.78 is 5.71. The van der Waals surface area contributed by atoms with Gasteiger partial charge in [-0.05, 0) is 30.8 Å². The van der Waals surface area contributed by atoms with Gasteiger partial charge in [0.05, 0.1) is 11.6 Å². The van der Waals surface area contributed by atoms with Crippen molar-refractivity contribution in [1.29, 1.82) is 0 Å². The van der Waals surface area contributed by atoms with Crippen LogP contribution < -0.4 is 5.32 Å². The Bertz CT molecular complexity index is 468. The summed E-state index contributed by atoms with van der Waals surface area (Å²) >= 11 is 6.10. The molecule has 0 atom stereocenters. The summed E-state index contributed by atoms with van der Waals surface area (Å²) in [6.07, 6.45) is 0. The Kier molecular flexibility index (Phi) is 5.56. The Balaban J connectivity index is 0.00000144. The van der Waals surface area contributed by atoms with Crippen molar-refractivity contribution in [2.24, 2.45) is 0 Å². The molecule has 1 heterocycles. The highest BCUT2D eigenvalue weighted by molar-refractivity contribution is 6.33. The van der Waals surface area contributed by atoms with Gasteiger partial charge in [0, 0.05) is 5.56 Å². The second-order valence-corrected chi connectivity index (χ2v) is 3.93. The van der Waals surface area contributed by atoms with Crippen molar-refractivity contribution >= 4 is 24.0 Å². The average Bonchev–Trinajstić information content (AvgIpc) is 2.75. The van der Waals surface area contributed by atoms with Crippen molar-refractivity contribution in [2.45, 2.75) is 13.5 Å². The van der Waals surface area contributed by atoms with E-state index in [4.69, 9.17) is 16.0 Å². The third kappa shape index (κ3) is 3.50. The van der Waals surface area contributed by atoms with Gasteiger partial charge >= 0.3 is 0 Å². The van der Waals surface area contributed by atoms with Gasteiger partial charge in [0.15, 0.2) is 0 Å². The van der Waals surface area contributed by atoms with Crippen molar-refractivity contribution in [1.82, 2.24) is 5.32 Å². The van der Waals surface area contributed by atoms with Gasteiger partial charge in [0.25, 0.3) is 0 Å². The quantitative estimate of drug-likeness (QED) is 0.905. The zero-order chi connectivity index (χ0) is 11.4. The number of benzene rings is 1. The molecule has 2 rings (SSSR count). The van der Waals surface area contributed by atoms with Crippen LogP contribution in [0.1, 0.15) is 12.7 Å². The monoisotopic (exact) mass is 271 g/mol. The molecule has 0 unspecified atom stereocenters. The molecule has 0 aliphatic carbocycles. The molecule has 2 aromatic rings. The Morgan fingerprint density at radius 3 is 2.65 bits per heavy atom. The molecule has 0 radical (unpaired) electrons. The number of hydrogen-bond donors (Lipinski definition) is 1. The van der Waals surface area contributed by atoms with E-state index in [1.807, 2.05) is 36.4 Å². The van der Waals surface area contributed by atoms with E-state index < -0.39 is 0 Å². The maximum absolute atomic E-state index is 6.10. The van der Waals surface area contributed by atoms with Gasteiger partial charge in [-0.2, -0.15) is 0 Å². The van der Waals surface area contributed by atoms with Crippen LogP contribution in [0.3, 0.4) is 0 Å². The van der Waals surface area contributed by atoms with Crippen molar-refractivity contribution in [3.63, 3.8) is 0 Å². The second kappa shape index (κ2) is 6.70. The predicted molar refractivity (Wildman–Crippen MR) is 73.8 cm³/mol. The topological polar surface area (TPSA) is 25.2 Å². The fourth-order valence-corrected chi connectivity index (χ4v) is 1.76. The van der Waals surface area contributed by atoms with Crippen LogP contribution in [0.4, 0.5) is 0 Å². The van der Waals surface area contributed by atoms with E-state index in [0.29, 0.717) is 5.02 Å². The van der Waals surface area contributed by atoms with E-state index in [1.165, 1.54) is 0 Å². The fraction of sp³-hybridized carbons (Fsp3) is 0.231. The van der Waals surface area contributed by atoms with E-state index >= 15 is 0 Å². The van der Waals surface area contributed by atoms with Crippen LogP contribution in [0.2, 0.25) is 5.02 Å². The maximum atomic E-state index is 6.10. The van der Waals surface area contributed by atoms with Gasteiger partial charge < -0.3 is 9.73 Å². The lowest BCUT2D eigenvalue weighted by Crippen LogP contribution is -2.10. The third-order valence-electron chi connectivity index (χ3n) is 2.35. The van der Waals surface area contributed by atoms with Crippen LogP contribution >= 0.6 is 24.0 Å². The van der Waals surface area contributed by atoms with Crippen molar-refractivity contribution < 1.29 is 4.42 Å². The molecule has 0 spiro atoms. The number of nitrogens with one attached hydrogen (secondary N) is 1. The second-order valence-electron chi connectivity index (χ2n) is 3.53. The Morgan fingerprint density at radius 1 is 1.18 bits per heavy atom. The molecule has 0 fully saturated rings. The van der Waals surface area contributed by atoms with Crippen molar-refractivity contribution in [3.8, 4) is 11.3 Å². The molecule has 17 heavy (non-hydrogen) atoms. The number of furan rings is 1. The molecule has 1 aromatic heterocycles. The first-order valence-electron chi connectivity index (χ1n) is 5.35. The Hall–Kier alpha value is -0.960. The summed E-state index contributed by atoms with van der Waals surface area (Å²) in [6, 6.07) is 11.6. The van der Waals surface area contributed by atoms with Crippen LogP contribution in [0.25, 0.3) is 11.3 Å². The van der Waals surface area contributed by atoms with Gasteiger partial charge in [0.2, 0.25) is 0 Å². The van der Waals surface area contributed by atoms with Crippen LogP contribution in [0.15, 0.2) is 40.8 Å². The minimum atomic E-state index is 0. The summed E-state index contributed by atoms with van der Waals surface area (Å²) in [7, 11) is 0. The first kappa shape index (κ1) is 14.1. The minimum Gasteiger partial charge on any atom is -0.460 e. The zero-order valence-electron chi connectivity index (χ0n) is 9.57. The summed E-state index contributed by atoms with van der Waals surface area (Å²) in [5, 5.41) is 3.93. The smallest absolute Gasteiger partial charge is 0.135 e. The standard InChI is InChI=1S/C13H14ClNO.ClH/c1-2-15-9-10-7-8-13(16-10)11-5-3-4-6-12(11)14;/h3-8,15H,2,9H2,1H3;1H. The zero-order valence-corrected chi connectivity index (χ0v) is 11.1. The van der Waals surface area contributed by atoms with E-state index in [-0.39, 0.29) is 12.4 Å². The predicted octanol–water partition coefficient (Wildman–Crippen LogP) is 4.13. The molecule has 2 nitrogen and oxygen atoms in total. The van der Waals surface area contributed by atoms with Gasteiger partial charge in [0.1, 0.15) is 11.5 Å². The molecular formula is C13H15Cl2NO. The highest BCUT2D eigenvalue weighted by atomic mass is 35.5. The summed E-state index contributed by atoms with van der Waals surface area (Å²) in [4.78, 5) is 0. The summed E-state index contributed by atoms with van der Waals surface area (Å²) in [5.41, 5.74) is 0.937. The lowest BCUT2D eigenvalue weighted by molar-refractivity contribution is 0.498. The van der Waals surface area contributed by atoms with Crippen LogP contribution in [0, 0.1) is 0 Å². The minimum absolute atomic E-state index is 0. The number of hydrogen-bond acceptors (Lipinski definition) is 2. The first-order valence-corrected chi connectivity index (χ1v) is 5.73. The third-order valence-corrected chi connectivity index (χ3v) is 2.68. The highest BCUT2D eigenvalue weighted by Crippen LogP contribution is 2.28. The molecule has 92 valence electrons. The first-order chi connectivity index (χ1) is 7.81. The normalized spacial score (nSPS) is 10.0. The lowest BCUT2D eigenvalue weighted by Gasteiger charge is -2.00. The molecule has 0 saturated heterocycles. The molecule has 0 saturated carbocycles. The largest absolute Gasteiger partial charge is 0.460 e. The van der Waals surface area contributed by atoms with Gasteiger partial charge in [-0.25, -0.2) is 0 Å². The fourth-order valence-electron chi connectivity index (χ4n) is 1.53. The molecule has 4 heteroatoms. The van der Waals surface area contributed by atoms with E-state index in [1.54, 1.807) is 0 Å². The molecular weight excluding hydrogens is 257 g/mol. The van der Waals surface area contributed by atoms with E-state index in [9.17, 15) is 0 Å². The Labute approximate surface area is 112 Å². The molecule has 1 aromatic carbocycles. The average molecular weight is 272 g/mol. The van der Waals surface area contributed by atoms with Crippen molar-refractivity contribution in [2.75, 3.05) is 6.54 Å². The van der Waals surface area contributed by atoms with Gasteiger partial charge in [-0.3, -0.25) is 0 Å². The summed E-state index contributed by atoms with van der Waals surface area (Å²) in [6.45, 7) is 3.75. The van der Waals surface area contributed by atoms with Crippen LogP contribution in [0.5, 0.6) is 0 Å². The molecule has 0 bridgehead atoms. The molecule has 0 aliphatic heterocycles. The molecule has 0 aliphatic rings. The summed E-state index contributed by atoms with van der Waals surface area (Å²) in [5.74, 6) is 1.75. The molecule has 1 N–H and O–H groups in total. The van der Waals surface area contributed by atoms with Crippen LogP contribution in [-0.2, 0) is 6.54 Å². The highest BCUT2D eigenvalue weighted by Gasteiger charge is 2.07. The molecule has 0 amide bonds. The van der Waals surface area contributed by atoms with E-state index in [2.05, 4.69) is 12.2 Å². The lowest BCUT2D eigenvalue weighted by atomic mass is 10.2. The number of halogens is 2. The van der Waals surface area contributed by atoms with E-state index in [0.717, 1.165) is 30.2 Å². The van der Waals surface area contributed by atoms with Crippen molar-refractivity contribution in [3.05, 3.63) is 47.2 Å². The number of rotatable bonds is 4. The van der Waals surface area contributed by atoms with Gasteiger partial charge in [-0.15, -0.1) is 12.4 Å². The SMILES string of the molecule is CCNCc1ccc(-c2ccccc2Cl)o1.Cl. The Morgan fingerprint density at radius 2 is 1.94 bits per heavy atom. The van der Waals surface area contributed by atoms with Crippen LogP contribution in [-0.4, -0.2) is 6.54 Å². The van der Waals surface area contributed by atoms with Gasteiger partial charge in [-0.1, -0.05) is 30.7 Å². The maximum Gasteiger partial charge on any atom is 0.135 e.